The summed E-state index contributed by atoms with van der Waals surface area (Å²) >= 11 is 0. The molecular formula is C51H32N4O. The maximum absolute atomic E-state index is 7.37. The predicted octanol–water partition coefficient (Wildman–Crippen LogP) is 12.7. The highest BCUT2D eigenvalue weighted by atomic mass is 16.5. The maximum atomic E-state index is 7.37. The van der Waals surface area contributed by atoms with Crippen LogP contribution in [-0.4, -0.2) is 15.0 Å². The minimum atomic E-state index is -0.626. The number of ether oxygens (including phenoxy) is 1. The normalized spacial score (nSPS) is 12.6. The van der Waals surface area contributed by atoms with Crippen LogP contribution in [0.3, 0.4) is 0 Å². The van der Waals surface area contributed by atoms with Crippen LogP contribution in [0.5, 0.6) is 11.5 Å². The minimum absolute atomic E-state index is 0.542. The van der Waals surface area contributed by atoms with Gasteiger partial charge in [0.15, 0.2) is 23.2 Å². The van der Waals surface area contributed by atoms with Crippen molar-refractivity contribution in [3.63, 3.8) is 0 Å². The molecule has 0 bridgehead atoms. The van der Waals surface area contributed by atoms with Gasteiger partial charge in [-0.3, -0.25) is 0 Å². The SMILES string of the molecule is [C-]#[N+]c1ccc(-c2cccc(-c3nc(-c4ccc5c(c4)Oc4ccccc4C5(c4ccccc4)c4ccccc4)nc(-c4ccc5ccccc5c4)n3)c2)cc1. The topological polar surface area (TPSA) is 52.3 Å². The van der Waals surface area contributed by atoms with Crippen LogP contribution < -0.4 is 4.74 Å². The Morgan fingerprint density at radius 2 is 0.929 bits per heavy atom. The van der Waals surface area contributed by atoms with Crippen LogP contribution in [0, 0.1) is 6.57 Å². The van der Waals surface area contributed by atoms with Gasteiger partial charge in [-0.25, -0.2) is 19.8 Å². The van der Waals surface area contributed by atoms with Crippen LogP contribution in [0.25, 0.3) is 60.9 Å². The molecule has 1 aliphatic rings. The van der Waals surface area contributed by atoms with E-state index in [4.69, 9.17) is 26.3 Å². The van der Waals surface area contributed by atoms with E-state index in [0.717, 1.165) is 72.3 Å². The van der Waals surface area contributed by atoms with E-state index in [9.17, 15) is 0 Å². The van der Waals surface area contributed by atoms with Crippen LogP contribution in [0.1, 0.15) is 22.3 Å². The lowest BCUT2D eigenvalue weighted by Crippen LogP contribution is -2.34. The van der Waals surface area contributed by atoms with E-state index in [0.29, 0.717) is 23.2 Å². The highest BCUT2D eigenvalue weighted by Gasteiger charge is 2.45. The van der Waals surface area contributed by atoms with Crippen molar-refractivity contribution in [2.75, 3.05) is 0 Å². The van der Waals surface area contributed by atoms with E-state index < -0.39 is 5.41 Å². The minimum Gasteiger partial charge on any atom is -0.457 e. The number of nitrogens with zero attached hydrogens (tertiary/aromatic N) is 4. The van der Waals surface area contributed by atoms with Gasteiger partial charge in [-0.2, -0.15) is 0 Å². The summed E-state index contributed by atoms with van der Waals surface area (Å²) in [7, 11) is 0. The zero-order valence-corrected chi connectivity index (χ0v) is 30.2. The van der Waals surface area contributed by atoms with Crippen molar-refractivity contribution in [3.05, 3.63) is 228 Å². The molecule has 0 saturated carbocycles. The van der Waals surface area contributed by atoms with Crippen LogP contribution in [0.2, 0.25) is 0 Å². The van der Waals surface area contributed by atoms with Gasteiger partial charge in [-0.15, -0.1) is 0 Å². The van der Waals surface area contributed by atoms with Crippen molar-refractivity contribution in [2.45, 2.75) is 5.41 Å². The van der Waals surface area contributed by atoms with Crippen LogP contribution in [0.15, 0.2) is 194 Å². The second-order valence-corrected chi connectivity index (χ2v) is 13.9. The molecule has 5 heteroatoms. The fraction of sp³-hybridized carbons (Fsp3) is 0.0196. The third-order valence-electron chi connectivity index (χ3n) is 10.7. The van der Waals surface area contributed by atoms with Crippen molar-refractivity contribution in [3.8, 4) is 56.8 Å². The summed E-state index contributed by atoms with van der Waals surface area (Å²) in [4.78, 5) is 18.9. The molecule has 56 heavy (non-hydrogen) atoms. The molecule has 1 aliphatic heterocycles. The Hall–Kier alpha value is -7.68. The second kappa shape index (κ2) is 13.6. The van der Waals surface area contributed by atoms with E-state index in [1.807, 2.05) is 60.7 Å². The molecule has 0 aliphatic carbocycles. The second-order valence-electron chi connectivity index (χ2n) is 13.9. The quantitative estimate of drug-likeness (QED) is 0.161. The number of hydrogen-bond acceptors (Lipinski definition) is 4. The summed E-state index contributed by atoms with van der Waals surface area (Å²) in [5.74, 6) is 3.23. The van der Waals surface area contributed by atoms with Crippen LogP contribution >= 0.6 is 0 Å². The van der Waals surface area contributed by atoms with Gasteiger partial charge < -0.3 is 4.74 Å². The molecule has 5 nitrogen and oxygen atoms in total. The largest absolute Gasteiger partial charge is 0.457 e. The molecule has 0 saturated heterocycles. The first kappa shape index (κ1) is 32.9. The Morgan fingerprint density at radius 3 is 1.62 bits per heavy atom. The summed E-state index contributed by atoms with van der Waals surface area (Å²) < 4.78 is 6.81. The average Bonchev–Trinajstić information content (AvgIpc) is 3.28. The van der Waals surface area contributed by atoms with E-state index >= 15 is 0 Å². The molecule has 0 fully saturated rings. The third kappa shape index (κ3) is 5.60. The molecule has 0 unspecified atom stereocenters. The van der Waals surface area contributed by atoms with Gasteiger partial charge in [-0.05, 0) is 57.3 Å². The number of rotatable bonds is 6. The van der Waals surface area contributed by atoms with Crippen molar-refractivity contribution >= 4 is 16.5 Å². The monoisotopic (exact) mass is 716 g/mol. The molecule has 0 spiro atoms. The summed E-state index contributed by atoms with van der Waals surface area (Å²) in [5.41, 5.74) is 9.00. The lowest BCUT2D eigenvalue weighted by molar-refractivity contribution is 0.434. The molecule has 10 rings (SSSR count). The maximum Gasteiger partial charge on any atom is 0.187 e. The third-order valence-corrected chi connectivity index (χ3v) is 10.7. The lowest BCUT2D eigenvalue weighted by atomic mass is 9.63. The summed E-state index contributed by atoms with van der Waals surface area (Å²) in [6.45, 7) is 7.37. The van der Waals surface area contributed by atoms with E-state index in [1.165, 1.54) is 0 Å². The molecule has 0 amide bonds. The van der Waals surface area contributed by atoms with Gasteiger partial charge in [0.05, 0.1) is 12.0 Å². The Bertz CT molecular complexity index is 2910. The summed E-state index contributed by atoms with van der Waals surface area (Å²) in [6.07, 6.45) is 0. The number of hydrogen-bond donors (Lipinski definition) is 0. The molecular weight excluding hydrogens is 685 g/mol. The smallest absolute Gasteiger partial charge is 0.187 e. The fourth-order valence-electron chi connectivity index (χ4n) is 8.01. The molecule has 9 aromatic rings. The zero-order chi connectivity index (χ0) is 37.5. The zero-order valence-electron chi connectivity index (χ0n) is 30.2. The molecule has 2 heterocycles. The van der Waals surface area contributed by atoms with Crippen LogP contribution in [0.4, 0.5) is 5.69 Å². The molecule has 0 radical (unpaired) electrons. The van der Waals surface area contributed by atoms with Gasteiger partial charge >= 0.3 is 0 Å². The highest BCUT2D eigenvalue weighted by molar-refractivity contribution is 5.87. The van der Waals surface area contributed by atoms with Gasteiger partial charge in [0.2, 0.25) is 0 Å². The Kier molecular flexibility index (Phi) is 8.01. The lowest BCUT2D eigenvalue weighted by Gasteiger charge is -2.41. The van der Waals surface area contributed by atoms with Crippen LogP contribution in [-0.2, 0) is 5.41 Å². The Balaban J connectivity index is 1.17. The number of aromatic nitrogens is 3. The fourth-order valence-corrected chi connectivity index (χ4v) is 8.01. The highest BCUT2D eigenvalue weighted by Crippen LogP contribution is 2.55. The standard InChI is InChI=1S/C51H32N4O/c1-52-43-28-25-35(26-29-43)37-15-12-16-38(31-37)48-53-49(39-24-23-34-13-8-9-14-36(34)32-39)55-50(54-48)40-27-30-45-47(33-40)56-46-22-11-10-21-44(46)51(45,41-17-4-2-5-18-41)42-19-6-3-7-20-42/h2-33H. The first-order valence-corrected chi connectivity index (χ1v) is 18.5. The number of para-hydroxylation sites is 1. The van der Waals surface area contributed by atoms with E-state index in [2.05, 4.69) is 138 Å². The van der Waals surface area contributed by atoms with E-state index in [1.54, 1.807) is 0 Å². The Morgan fingerprint density at radius 1 is 0.393 bits per heavy atom. The molecule has 8 aromatic carbocycles. The van der Waals surface area contributed by atoms with Crippen molar-refractivity contribution < 1.29 is 4.74 Å². The van der Waals surface area contributed by atoms with Crippen molar-refractivity contribution in [1.29, 1.82) is 0 Å². The van der Waals surface area contributed by atoms with Crippen molar-refractivity contribution in [1.82, 2.24) is 15.0 Å². The average molecular weight is 717 g/mol. The van der Waals surface area contributed by atoms with Gasteiger partial charge in [0, 0.05) is 27.8 Å². The first-order valence-electron chi connectivity index (χ1n) is 18.5. The van der Waals surface area contributed by atoms with Gasteiger partial charge in [-0.1, -0.05) is 170 Å². The molecule has 0 N–H and O–H groups in total. The Labute approximate surface area is 325 Å². The number of fused-ring (bicyclic) bond motifs is 3. The van der Waals surface area contributed by atoms with E-state index in [-0.39, 0.29) is 0 Å². The van der Waals surface area contributed by atoms with Gasteiger partial charge in [0.1, 0.15) is 11.5 Å². The number of benzene rings is 8. The molecule has 262 valence electrons. The first-order chi connectivity index (χ1) is 27.7. The summed E-state index contributed by atoms with van der Waals surface area (Å²) in [5, 5.41) is 2.26. The summed E-state index contributed by atoms with van der Waals surface area (Å²) in [6, 6.07) is 66.5. The van der Waals surface area contributed by atoms with Crippen molar-refractivity contribution in [2.24, 2.45) is 0 Å². The molecule has 1 aromatic heterocycles. The molecule has 0 atom stereocenters. The predicted molar refractivity (Wildman–Crippen MR) is 224 cm³/mol. The van der Waals surface area contributed by atoms with Gasteiger partial charge in [0.25, 0.3) is 0 Å².